The molecule has 162 valence electrons. The van der Waals surface area contributed by atoms with Crippen LogP contribution in [0.4, 0.5) is 5.69 Å². The SMILES string of the molecule is Cc1cc(C)cc(N2C(=O)/C(=C/c3cc(C)n(-c4ccccc4C)c3C)C(=O)NC2=S)c1. The molecule has 0 aliphatic carbocycles. The average Bonchev–Trinajstić information content (AvgIpc) is 2.98. The van der Waals surface area contributed by atoms with Crippen LogP contribution in [-0.2, 0) is 9.59 Å². The van der Waals surface area contributed by atoms with Crippen molar-refractivity contribution < 1.29 is 9.59 Å². The van der Waals surface area contributed by atoms with Crippen LogP contribution < -0.4 is 10.2 Å². The van der Waals surface area contributed by atoms with E-state index in [0.717, 1.165) is 39.3 Å². The van der Waals surface area contributed by atoms with Crippen LogP contribution in [0, 0.1) is 34.6 Å². The molecule has 5 nitrogen and oxygen atoms in total. The molecule has 1 N–H and O–H groups in total. The van der Waals surface area contributed by atoms with Crippen LogP contribution in [0.25, 0.3) is 11.8 Å². The molecule has 0 spiro atoms. The normalized spacial score (nSPS) is 15.5. The van der Waals surface area contributed by atoms with Crippen LogP contribution in [0.5, 0.6) is 0 Å². The summed E-state index contributed by atoms with van der Waals surface area (Å²) in [6.07, 6.45) is 1.66. The highest BCUT2D eigenvalue weighted by Crippen LogP contribution is 2.28. The molecule has 0 bridgehead atoms. The van der Waals surface area contributed by atoms with Crippen molar-refractivity contribution in [2.24, 2.45) is 0 Å². The molecular weight excluding hydrogens is 418 g/mol. The summed E-state index contributed by atoms with van der Waals surface area (Å²) in [5.41, 5.74) is 7.74. The number of benzene rings is 2. The van der Waals surface area contributed by atoms with Gasteiger partial charge in [-0.2, -0.15) is 0 Å². The van der Waals surface area contributed by atoms with Gasteiger partial charge in [0.15, 0.2) is 5.11 Å². The maximum Gasteiger partial charge on any atom is 0.270 e. The number of para-hydroxylation sites is 1. The maximum atomic E-state index is 13.4. The van der Waals surface area contributed by atoms with Crippen molar-refractivity contribution in [3.63, 3.8) is 0 Å². The van der Waals surface area contributed by atoms with E-state index >= 15 is 0 Å². The third-order valence-electron chi connectivity index (χ3n) is 5.69. The largest absolute Gasteiger partial charge is 0.318 e. The molecule has 0 radical (unpaired) electrons. The van der Waals surface area contributed by atoms with Crippen molar-refractivity contribution >= 4 is 40.9 Å². The Labute approximate surface area is 193 Å². The molecule has 0 unspecified atom stereocenters. The number of carbonyl (C=O) groups is 2. The van der Waals surface area contributed by atoms with Crippen molar-refractivity contribution in [1.82, 2.24) is 9.88 Å². The van der Waals surface area contributed by atoms with Gasteiger partial charge >= 0.3 is 0 Å². The zero-order chi connectivity index (χ0) is 23.2. The number of rotatable bonds is 3. The topological polar surface area (TPSA) is 54.3 Å². The molecule has 0 atom stereocenters. The summed E-state index contributed by atoms with van der Waals surface area (Å²) in [5.74, 6) is -0.911. The van der Waals surface area contributed by atoms with Gasteiger partial charge in [0, 0.05) is 17.1 Å². The Balaban J connectivity index is 1.79. The number of hydrogen-bond acceptors (Lipinski definition) is 3. The molecular formula is C26H25N3O2S. The quantitative estimate of drug-likeness (QED) is 0.358. The second-order valence-corrected chi connectivity index (χ2v) is 8.64. The van der Waals surface area contributed by atoms with Gasteiger partial charge in [-0.15, -0.1) is 0 Å². The summed E-state index contributed by atoms with van der Waals surface area (Å²) in [6, 6.07) is 15.9. The molecule has 6 heteroatoms. The van der Waals surface area contributed by atoms with E-state index in [0.29, 0.717) is 5.69 Å². The van der Waals surface area contributed by atoms with Crippen LogP contribution in [0.2, 0.25) is 0 Å². The van der Waals surface area contributed by atoms with E-state index in [-0.39, 0.29) is 10.7 Å². The Bertz CT molecular complexity index is 1300. The van der Waals surface area contributed by atoms with E-state index in [1.165, 1.54) is 4.90 Å². The lowest BCUT2D eigenvalue weighted by molar-refractivity contribution is -0.122. The van der Waals surface area contributed by atoms with Crippen LogP contribution >= 0.6 is 12.2 Å². The Hall–Kier alpha value is -3.51. The average molecular weight is 444 g/mol. The Kier molecular flexibility index (Phi) is 5.57. The van der Waals surface area contributed by atoms with Gasteiger partial charge in [0.1, 0.15) is 5.57 Å². The molecule has 2 heterocycles. The van der Waals surface area contributed by atoms with Gasteiger partial charge in [0.2, 0.25) is 0 Å². The predicted octanol–water partition coefficient (Wildman–Crippen LogP) is 4.85. The Morgan fingerprint density at radius 1 is 0.906 bits per heavy atom. The summed E-state index contributed by atoms with van der Waals surface area (Å²) in [7, 11) is 0. The monoisotopic (exact) mass is 443 g/mol. The van der Waals surface area contributed by atoms with Gasteiger partial charge in [-0.25, -0.2) is 0 Å². The van der Waals surface area contributed by atoms with Crippen molar-refractivity contribution in [1.29, 1.82) is 0 Å². The number of hydrogen-bond donors (Lipinski definition) is 1. The lowest BCUT2D eigenvalue weighted by atomic mass is 10.1. The fourth-order valence-corrected chi connectivity index (χ4v) is 4.53. The second kappa shape index (κ2) is 8.20. The standard InChI is InChI=1S/C26H25N3O2S/c1-15-10-16(2)12-21(11-15)29-25(31)22(24(30)27-26(29)32)14-20-13-18(4)28(19(20)5)23-9-7-6-8-17(23)3/h6-14H,1-5H3,(H,27,30,32)/b22-14+. The molecule has 1 aliphatic rings. The predicted molar refractivity (Wildman–Crippen MR) is 132 cm³/mol. The highest BCUT2D eigenvalue weighted by atomic mass is 32.1. The molecule has 1 saturated heterocycles. The van der Waals surface area contributed by atoms with Gasteiger partial charge < -0.3 is 4.57 Å². The van der Waals surface area contributed by atoms with Crippen LogP contribution in [0.3, 0.4) is 0 Å². The highest BCUT2D eigenvalue weighted by Gasteiger charge is 2.35. The van der Waals surface area contributed by atoms with E-state index in [1.807, 2.05) is 64.1 Å². The molecule has 1 fully saturated rings. The number of aromatic nitrogens is 1. The minimum Gasteiger partial charge on any atom is -0.318 e. The van der Waals surface area contributed by atoms with Crippen LogP contribution in [0.1, 0.15) is 33.6 Å². The first kappa shape index (κ1) is 21.7. The molecule has 1 aliphatic heterocycles. The Morgan fingerprint density at radius 3 is 2.22 bits per heavy atom. The zero-order valence-corrected chi connectivity index (χ0v) is 19.6. The number of aryl methyl sites for hydroxylation is 4. The molecule has 2 amide bonds. The maximum absolute atomic E-state index is 13.4. The third kappa shape index (κ3) is 3.78. The molecule has 32 heavy (non-hydrogen) atoms. The fourth-order valence-electron chi connectivity index (χ4n) is 4.25. The molecule has 4 rings (SSSR count). The van der Waals surface area contributed by atoms with Gasteiger partial charge in [-0.05, 0) is 99.4 Å². The van der Waals surface area contributed by atoms with E-state index in [2.05, 4.69) is 28.9 Å². The summed E-state index contributed by atoms with van der Waals surface area (Å²) in [5, 5.41) is 2.76. The van der Waals surface area contributed by atoms with E-state index in [1.54, 1.807) is 6.08 Å². The fraction of sp³-hybridized carbons (Fsp3) is 0.192. The first-order valence-electron chi connectivity index (χ1n) is 10.4. The van der Waals surface area contributed by atoms with E-state index in [9.17, 15) is 9.59 Å². The summed E-state index contributed by atoms with van der Waals surface area (Å²) < 4.78 is 2.14. The minimum absolute atomic E-state index is 0.0581. The van der Waals surface area contributed by atoms with Crippen molar-refractivity contribution in [3.05, 3.63) is 87.7 Å². The number of thiocarbonyl (C=S) groups is 1. The number of anilines is 1. The third-order valence-corrected chi connectivity index (χ3v) is 5.98. The summed E-state index contributed by atoms with van der Waals surface area (Å²) in [4.78, 5) is 27.5. The lowest BCUT2D eigenvalue weighted by Gasteiger charge is -2.29. The molecule has 2 aromatic carbocycles. The lowest BCUT2D eigenvalue weighted by Crippen LogP contribution is -2.54. The molecule has 3 aromatic rings. The highest BCUT2D eigenvalue weighted by molar-refractivity contribution is 7.80. The van der Waals surface area contributed by atoms with Gasteiger partial charge in [-0.1, -0.05) is 24.3 Å². The van der Waals surface area contributed by atoms with Gasteiger partial charge in [-0.3, -0.25) is 19.8 Å². The molecule has 1 aromatic heterocycles. The minimum atomic E-state index is -0.485. The van der Waals surface area contributed by atoms with Crippen LogP contribution in [0.15, 0.2) is 54.1 Å². The number of amides is 2. The van der Waals surface area contributed by atoms with E-state index in [4.69, 9.17) is 12.2 Å². The second-order valence-electron chi connectivity index (χ2n) is 8.25. The summed E-state index contributed by atoms with van der Waals surface area (Å²) >= 11 is 5.34. The van der Waals surface area contributed by atoms with E-state index < -0.39 is 11.8 Å². The van der Waals surface area contributed by atoms with Crippen molar-refractivity contribution in [2.75, 3.05) is 4.90 Å². The van der Waals surface area contributed by atoms with Crippen molar-refractivity contribution in [2.45, 2.75) is 34.6 Å². The zero-order valence-electron chi connectivity index (χ0n) is 18.8. The number of nitrogens with zero attached hydrogens (tertiary/aromatic N) is 2. The first-order valence-corrected chi connectivity index (χ1v) is 10.8. The first-order chi connectivity index (χ1) is 15.2. The van der Waals surface area contributed by atoms with Gasteiger partial charge in [0.25, 0.3) is 11.8 Å². The van der Waals surface area contributed by atoms with Crippen LogP contribution in [-0.4, -0.2) is 21.5 Å². The van der Waals surface area contributed by atoms with Crippen molar-refractivity contribution in [3.8, 4) is 5.69 Å². The molecule has 0 saturated carbocycles. The number of carbonyl (C=O) groups excluding carboxylic acids is 2. The number of nitrogens with one attached hydrogen (secondary N) is 1. The Morgan fingerprint density at radius 2 is 1.56 bits per heavy atom. The van der Waals surface area contributed by atoms with Gasteiger partial charge in [0.05, 0.1) is 5.69 Å². The summed E-state index contributed by atoms with van der Waals surface area (Å²) in [6.45, 7) is 9.99. The smallest absolute Gasteiger partial charge is 0.270 e.